The first-order chi connectivity index (χ1) is 15.4. The molecule has 0 saturated carbocycles. The third-order valence-electron chi connectivity index (χ3n) is 5.84. The third-order valence-corrected chi connectivity index (χ3v) is 6.65. The lowest BCUT2D eigenvalue weighted by Gasteiger charge is -2.37. The molecule has 0 bridgehead atoms. The molecule has 172 valence electrons. The SMILES string of the molecule is CCC(Nc1c(O)ccc2cc3ccccc3cc12)C1CN(COS(=O)(=O)OC)CCO1. The quantitative estimate of drug-likeness (QED) is 0.390. The normalized spacial score (nSPS) is 18.8. The van der Waals surface area contributed by atoms with E-state index in [1.165, 1.54) is 0 Å². The molecule has 4 rings (SSSR count). The Bertz CT molecular complexity index is 1200. The highest BCUT2D eigenvalue weighted by Crippen LogP contribution is 2.36. The maximum atomic E-state index is 11.5. The number of aromatic hydroxyl groups is 1. The summed E-state index contributed by atoms with van der Waals surface area (Å²) in [5.74, 6) is 0.174. The van der Waals surface area contributed by atoms with Gasteiger partial charge in [0.1, 0.15) is 12.5 Å². The zero-order chi connectivity index (χ0) is 22.7. The first-order valence-electron chi connectivity index (χ1n) is 10.6. The van der Waals surface area contributed by atoms with Crippen LogP contribution in [-0.4, -0.2) is 64.1 Å². The summed E-state index contributed by atoms with van der Waals surface area (Å²) in [6.07, 6.45) is 0.539. The number of nitrogens with one attached hydrogen (secondary N) is 1. The Hall–Kier alpha value is -2.43. The number of rotatable bonds is 8. The van der Waals surface area contributed by atoms with Crippen molar-refractivity contribution in [2.24, 2.45) is 0 Å². The number of hydrogen-bond donors (Lipinski definition) is 2. The second kappa shape index (κ2) is 9.60. The van der Waals surface area contributed by atoms with Crippen LogP contribution in [0.25, 0.3) is 21.5 Å². The van der Waals surface area contributed by atoms with E-state index in [1.54, 1.807) is 6.07 Å². The van der Waals surface area contributed by atoms with E-state index in [0.717, 1.165) is 35.1 Å². The molecule has 1 aliphatic heterocycles. The minimum atomic E-state index is -3.99. The molecule has 1 heterocycles. The van der Waals surface area contributed by atoms with Crippen molar-refractivity contribution < 1.29 is 26.6 Å². The number of hydrogen-bond acceptors (Lipinski definition) is 8. The number of morpholine rings is 1. The van der Waals surface area contributed by atoms with Crippen LogP contribution in [0.15, 0.2) is 48.5 Å². The van der Waals surface area contributed by atoms with Crippen molar-refractivity contribution in [2.75, 3.05) is 38.9 Å². The van der Waals surface area contributed by atoms with Crippen molar-refractivity contribution >= 4 is 37.6 Å². The molecule has 8 nitrogen and oxygen atoms in total. The molecule has 1 fully saturated rings. The third kappa shape index (κ3) is 4.97. The fourth-order valence-electron chi connectivity index (χ4n) is 4.08. The predicted octanol–water partition coefficient (Wildman–Crippen LogP) is 3.46. The Labute approximate surface area is 188 Å². The predicted molar refractivity (Wildman–Crippen MR) is 124 cm³/mol. The summed E-state index contributed by atoms with van der Waals surface area (Å²) in [6, 6.07) is 15.8. The molecule has 1 saturated heterocycles. The van der Waals surface area contributed by atoms with Crippen molar-refractivity contribution in [1.82, 2.24) is 4.90 Å². The zero-order valence-electron chi connectivity index (χ0n) is 18.2. The number of fused-ring (bicyclic) bond motifs is 2. The Kier molecular flexibility index (Phi) is 6.82. The van der Waals surface area contributed by atoms with Crippen LogP contribution in [0.4, 0.5) is 5.69 Å². The molecule has 1 aliphatic rings. The van der Waals surface area contributed by atoms with Crippen molar-refractivity contribution in [3.05, 3.63) is 48.5 Å². The van der Waals surface area contributed by atoms with Gasteiger partial charge in [0.2, 0.25) is 0 Å². The summed E-state index contributed by atoms with van der Waals surface area (Å²) in [6.45, 7) is 3.43. The van der Waals surface area contributed by atoms with Gasteiger partial charge in [-0.2, -0.15) is 8.42 Å². The van der Waals surface area contributed by atoms with E-state index >= 15 is 0 Å². The number of ether oxygens (including phenoxy) is 1. The van der Waals surface area contributed by atoms with Gasteiger partial charge in [-0.15, -0.1) is 0 Å². The van der Waals surface area contributed by atoms with Crippen LogP contribution in [0.3, 0.4) is 0 Å². The molecule has 0 aliphatic carbocycles. The highest BCUT2D eigenvalue weighted by atomic mass is 32.3. The fraction of sp³-hybridized carbons (Fsp3) is 0.391. The maximum absolute atomic E-state index is 11.5. The van der Waals surface area contributed by atoms with Crippen molar-refractivity contribution in [1.29, 1.82) is 0 Å². The van der Waals surface area contributed by atoms with E-state index < -0.39 is 10.4 Å². The van der Waals surface area contributed by atoms with Gasteiger partial charge in [0.15, 0.2) is 0 Å². The summed E-state index contributed by atoms with van der Waals surface area (Å²) in [5, 5.41) is 18.4. The summed E-state index contributed by atoms with van der Waals surface area (Å²) in [4.78, 5) is 1.87. The maximum Gasteiger partial charge on any atom is 0.400 e. The van der Waals surface area contributed by atoms with Crippen LogP contribution in [0.5, 0.6) is 5.75 Å². The Morgan fingerprint density at radius 2 is 1.94 bits per heavy atom. The molecule has 32 heavy (non-hydrogen) atoms. The lowest BCUT2D eigenvalue weighted by molar-refractivity contribution is -0.0578. The second-order valence-corrected chi connectivity index (χ2v) is 9.23. The van der Waals surface area contributed by atoms with Gasteiger partial charge in [-0.25, -0.2) is 4.18 Å². The second-order valence-electron chi connectivity index (χ2n) is 7.85. The Morgan fingerprint density at radius 3 is 2.66 bits per heavy atom. The molecule has 2 atom stereocenters. The number of phenolic OH excluding ortho intramolecular Hbond substituents is 1. The van der Waals surface area contributed by atoms with Crippen LogP contribution in [0.2, 0.25) is 0 Å². The van der Waals surface area contributed by atoms with E-state index in [0.29, 0.717) is 25.4 Å². The van der Waals surface area contributed by atoms with Crippen LogP contribution < -0.4 is 5.32 Å². The average molecular weight is 461 g/mol. The van der Waals surface area contributed by atoms with Crippen molar-refractivity contribution in [3.8, 4) is 5.75 Å². The Morgan fingerprint density at radius 1 is 1.19 bits per heavy atom. The summed E-state index contributed by atoms with van der Waals surface area (Å²) in [7, 11) is -2.93. The largest absolute Gasteiger partial charge is 0.506 e. The molecule has 2 N–H and O–H groups in total. The molecule has 3 aromatic carbocycles. The first kappa shape index (κ1) is 22.8. The number of nitrogens with zero attached hydrogens (tertiary/aromatic N) is 1. The van der Waals surface area contributed by atoms with E-state index in [2.05, 4.69) is 33.8 Å². The molecule has 0 amide bonds. The van der Waals surface area contributed by atoms with Gasteiger partial charge in [-0.3, -0.25) is 9.08 Å². The highest BCUT2D eigenvalue weighted by molar-refractivity contribution is 7.81. The lowest BCUT2D eigenvalue weighted by atomic mass is 10.00. The van der Waals surface area contributed by atoms with E-state index in [4.69, 9.17) is 8.92 Å². The van der Waals surface area contributed by atoms with Crippen LogP contribution in [-0.2, 0) is 23.5 Å². The van der Waals surface area contributed by atoms with Gasteiger partial charge < -0.3 is 15.2 Å². The van der Waals surface area contributed by atoms with Crippen LogP contribution >= 0.6 is 0 Å². The molecule has 9 heteroatoms. The minimum Gasteiger partial charge on any atom is -0.506 e. The van der Waals surface area contributed by atoms with E-state index in [1.807, 2.05) is 30.0 Å². The summed E-state index contributed by atoms with van der Waals surface area (Å²) < 4.78 is 38.1. The number of benzene rings is 3. The average Bonchev–Trinajstić information content (AvgIpc) is 2.81. The first-order valence-corrected chi connectivity index (χ1v) is 11.9. The summed E-state index contributed by atoms with van der Waals surface area (Å²) >= 11 is 0. The van der Waals surface area contributed by atoms with Gasteiger partial charge >= 0.3 is 10.4 Å². The highest BCUT2D eigenvalue weighted by Gasteiger charge is 2.29. The lowest BCUT2D eigenvalue weighted by Crippen LogP contribution is -2.50. The summed E-state index contributed by atoms with van der Waals surface area (Å²) in [5.41, 5.74) is 0.666. The standard InChI is InChI=1S/C23H28N2O6S/c1-3-20(22-14-25(10-11-30-22)15-31-32(27,28)29-2)24-23-19-13-17-7-5-4-6-16(17)12-18(19)8-9-21(23)26/h4-9,12-13,20,22,24,26H,3,10-11,14-15H2,1-2H3. The van der Waals surface area contributed by atoms with Crippen molar-refractivity contribution in [3.63, 3.8) is 0 Å². The monoisotopic (exact) mass is 460 g/mol. The minimum absolute atomic E-state index is 0.0974. The Balaban J connectivity index is 1.56. The van der Waals surface area contributed by atoms with Crippen LogP contribution in [0.1, 0.15) is 13.3 Å². The van der Waals surface area contributed by atoms with E-state index in [-0.39, 0.29) is 24.6 Å². The van der Waals surface area contributed by atoms with Crippen molar-refractivity contribution in [2.45, 2.75) is 25.5 Å². The molecule has 0 aromatic heterocycles. The smallest absolute Gasteiger partial charge is 0.400 e. The van der Waals surface area contributed by atoms with Gasteiger partial charge in [0.05, 0.1) is 31.5 Å². The van der Waals surface area contributed by atoms with Crippen LogP contribution in [0, 0.1) is 0 Å². The molecule has 3 aromatic rings. The van der Waals surface area contributed by atoms with Gasteiger partial charge in [0.25, 0.3) is 0 Å². The van der Waals surface area contributed by atoms with Gasteiger partial charge in [0, 0.05) is 18.5 Å². The zero-order valence-corrected chi connectivity index (χ0v) is 19.0. The van der Waals surface area contributed by atoms with Gasteiger partial charge in [-0.05, 0) is 40.8 Å². The van der Waals surface area contributed by atoms with Gasteiger partial charge in [-0.1, -0.05) is 37.3 Å². The van der Waals surface area contributed by atoms with E-state index in [9.17, 15) is 13.5 Å². The number of phenols is 1. The molecular weight excluding hydrogens is 432 g/mol. The topological polar surface area (TPSA) is 97.3 Å². The molecule has 2 unspecified atom stereocenters. The fourth-order valence-corrected chi connectivity index (χ4v) is 4.45. The molecule has 0 spiro atoms. The molecular formula is C23H28N2O6S. The molecule has 0 radical (unpaired) electrons. The number of anilines is 1.